The van der Waals surface area contributed by atoms with Gasteiger partial charge >= 0.3 is 12.0 Å². The third-order valence-corrected chi connectivity index (χ3v) is 5.09. The standard InChI is InChI=1S/C15H27N3O3/c1-4-11(2)18(10-14(19)20)15(21)17-8-7-12-5-6-13(9-17)16(12)3/h11-13H,4-10H2,1-3H3,(H,19,20). The fourth-order valence-corrected chi connectivity index (χ4v) is 3.44. The number of hydrogen-bond acceptors (Lipinski definition) is 3. The molecule has 2 aliphatic rings. The number of carbonyl (C=O) groups is 2. The van der Waals surface area contributed by atoms with E-state index in [1.165, 1.54) is 11.3 Å². The van der Waals surface area contributed by atoms with E-state index in [1.54, 1.807) is 0 Å². The number of amides is 2. The Morgan fingerprint density at radius 3 is 2.57 bits per heavy atom. The van der Waals surface area contributed by atoms with Crippen LogP contribution in [0, 0.1) is 0 Å². The fraction of sp³-hybridized carbons (Fsp3) is 0.867. The number of nitrogens with zero attached hydrogens (tertiary/aromatic N) is 3. The Hall–Kier alpha value is -1.30. The van der Waals surface area contributed by atoms with E-state index in [0.29, 0.717) is 12.1 Å². The maximum absolute atomic E-state index is 12.7. The minimum absolute atomic E-state index is 0.0493. The minimum atomic E-state index is -0.947. The van der Waals surface area contributed by atoms with Crippen molar-refractivity contribution < 1.29 is 14.7 Å². The third-order valence-electron chi connectivity index (χ3n) is 5.09. The van der Waals surface area contributed by atoms with Crippen LogP contribution < -0.4 is 0 Å². The molecule has 0 aromatic carbocycles. The van der Waals surface area contributed by atoms with E-state index >= 15 is 0 Å². The number of aliphatic carboxylic acids is 1. The van der Waals surface area contributed by atoms with Crippen LogP contribution in [0.3, 0.4) is 0 Å². The molecule has 2 aliphatic heterocycles. The predicted molar refractivity (Wildman–Crippen MR) is 80.3 cm³/mol. The molecule has 0 radical (unpaired) electrons. The third kappa shape index (κ3) is 3.48. The van der Waals surface area contributed by atoms with E-state index in [1.807, 2.05) is 18.7 Å². The summed E-state index contributed by atoms with van der Waals surface area (Å²) in [6.07, 6.45) is 4.10. The molecule has 2 heterocycles. The molecule has 120 valence electrons. The van der Waals surface area contributed by atoms with Crippen molar-refractivity contribution in [2.24, 2.45) is 0 Å². The van der Waals surface area contributed by atoms with Crippen molar-refractivity contribution in [2.75, 3.05) is 26.7 Å². The summed E-state index contributed by atoms with van der Waals surface area (Å²) in [6.45, 7) is 5.13. The maximum Gasteiger partial charge on any atom is 0.323 e. The number of likely N-dealkylation sites (N-methyl/N-ethyl adjacent to an activating group) is 1. The summed E-state index contributed by atoms with van der Waals surface area (Å²) in [5.41, 5.74) is 0. The highest BCUT2D eigenvalue weighted by Crippen LogP contribution is 2.29. The first kappa shape index (κ1) is 16.1. The van der Waals surface area contributed by atoms with E-state index in [4.69, 9.17) is 5.11 Å². The van der Waals surface area contributed by atoms with Crippen LogP contribution >= 0.6 is 0 Å². The molecule has 3 atom stereocenters. The lowest BCUT2D eigenvalue weighted by Gasteiger charge is -2.34. The van der Waals surface area contributed by atoms with Gasteiger partial charge in [0.25, 0.3) is 0 Å². The molecule has 1 N–H and O–H groups in total. The normalized spacial score (nSPS) is 27.3. The van der Waals surface area contributed by atoms with Gasteiger partial charge in [-0.05, 0) is 39.7 Å². The lowest BCUT2D eigenvalue weighted by atomic mass is 10.1. The monoisotopic (exact) mass is 297 g/mol. The van der Waals surface area contributed by atoms with Gasteiger partial charge in [0, 0.05) is 31.2 Å². The topological polar surface area (TPSA) is 64.1 Å². The average Bonchev–Trinajstić information content (AvgIpc) is 2.68. The zero-order chi connectivity index (χ0) is 15.6. The van der Waals surface area contributed by atoms with Gasteiger partial charge < -0.3 is 14.9 Å². The fourth-order valence-electron chi connectivity index (χ4n) is 3.44. The molecule has 6 nitrogen and oxygen atoms in total. The first-order valence-electron chi connectivity index (χ1n) is 7.93. The van der Waals surface area contributed by atoms with Crippen LogP contribution in [0.2, 0.25) is 0 Å². The SMILES string of the molecule is CCC(C)N(CC(=O)O)C(=O)N1CCC2CCC(C1)N2C. The van der Waals surface area contributed by atoms with Crippen LogP contribution in [0.5, 0.6) is 0 Å². The number of carboxylic acid groups (broad SMARTS) is 1. The molecular formula is C15H27N3O3. The smallest absolute Gasteiger partial charge is 0.323 e. The van der Waals surface area contributed by atoms with Crippen molar-refractivity contribution in [3.05, 3.63) is 0 Å². The molecule has 2 amide bonds. The molecule has 0 aromatic heterocycles. The van der Waals surface area contributed by atoms with Gasteiger partial charge in [-0.25, -0.2) is 4.79 Å². The van der Waals surface area contributed by atoms with Crippen LogP contribution in [0.4, 0.5) is 4.79 Å². The summed E-state index contributed by atoms with van der Waals surface area (Å²) >= 11 is 0. The van der Waals surface area contributed by atoms with Crippen LogP contribution in [0.1, 0.15) is 39.5 Å². The molecule has 2 saturated heterocycles. The molecule has 0 aliphatic carbocycles. The van der Waals surface area contributed by atoms with Gasteiger partial charge in [-0.3, -0.25) is 9.69 Å². The molecule has 2 rings (SSSR count). The Morgan fingerprint density at radius 1 is 1.29 bits per heavy atom. The highest BCUT2D eigenvalue weighted by molar-refractivity contribution is 5.80. The molecule has 0 spiro atoms. The Balaban J connectivity index is 2.07. The van der Waals surface area contributed by atoms with Gasteiger partial charge in [0.15, 0.2) is 0 Å². The van der Waals surface area contributed by atoms with Crippen molar-refractivity contribution in [1.29, 1.82) is 0 Å². The summed E-state index contributed by atoms with van der Waals surface area (Å²) in [5, 5.41) is 9.06. The van der Waals surface area contributed by atoms with Gasteiger partial charge in [0.2, 0.25) is 0 Å². The number of rotatable bonds is 4. The second kappa shape index (κ2) is 6.64. The molecule has 3 unspecified atom stereocenters. The summed E-state index contributed by atoms with van der Waals surface area (Å²) in [5.74, 6) is -0.947. The molecule has 2 bridgehead atoms. The maximum atomic E-state index is 12.7. The zero-order valence-electron chi connectivity index (χ0n) is 13.3. The second-order valence-corrected chi connectivity index (χ2v) is 6.35. The summed E-state index contributed by atoms with van der Waals surface area (Å²) in [7, 11) is 2.14. The number of carboxylic acids is 1. The predicted octanol–water partition coefficient (Wildman–Crippen LogP) is 1.46. The van der Waals surface area contributed by atoms with Gasteiger partial charge in [-0.15, -0.1) is 0 Å². The lowest BCUT2D eigenvalue weighted by molar-refractivity contribution is -0.138. The number of urea groups is 1. The number of carbonyl (C=O) groups excluding carboxylic acids is 1. The van der Waals surface area contributed by atoms with E-state index in [9.17, 15) is 9.59 Å². The summed E-state index contributed by atoms with van der Waals surface area (Å²) in [6, 6.07) is 0.828. The van der Waals surface area contributed by atoms with Gasteiger partial charge in [0.1, 0.15) is 6.54 Å². The lowest BCUT2D eigenvalue weighted by Crippen LogP contribution is -2.51. The Kier molecular flexibility index (Phi) is 5.08. The summed E-state index contributed by atoms with van der Waals surface area (Å²) in [4.78, 5) is 29.5. The molecule has 0 saturated carbocycles. The van der Waals surface area contributed by atoms with Crippen LogP contribution in [-0.4, -0.2) is 76.6 Å². The van der Waals surface area contributed by atoms with Crippen LogP contribution in [0.25, 0.3) is 0 Å². The largest absolute Gasteiger partial charge is 0.480 e. The van der Waals surface area contributed by atoms with Gasteiger partial charge in [-0.2, -0.15) is 0 Å². The second-order valence-electron chi connectivity index (χ2n) is 6.35. The van der Waals surface area contributed by atoms with E-state index in [2.05, 4.69) is 11.9 Å². The first-order chi connectivity index (χ1) is 9.93. The van der Waals surface area contributed by atoms with Gasteiger partial charge in [0.05, 0.1) is 0 Å². The quantitative estimate of drug-likeness (QED) is 0.853. The zero-order valence-corrected chi connectivity index (χ0v) is 13.3. The highest BCUT2D eigenvalue weighted by atomic mass is 16.4. The van der Waals surface area contributed by atoms with E-state index < -0.39 is 5.97 Å². The first-order valence-corrected chi connectivity index (χ1v) is 7.93. The summed E-state index contributed by atoms with van der Waals surface area (Å²) < 4.78 is 0. The van der Waals surface area contributed by atoms with Crippen molar-refractivity contribution in [2.45, 2.75) is 57.7 Å². The molecule has 6 heteroatoms. The van der Waals surface area contributed by atoms with Crippen molar-refractivity contribution in [3.8, 4) is 0 Å². The molecular weight excluding hydrogens is 270 g/mol. The minimum Gasteiger partial charge on any atom is -0.480 e. The Bertz CT molecular complexity index is 402. The van der Waals surface area contributed by atoms with Gasteiger partial charge in [-0.1, -0.05) is 6.92 Å². The Labute approximate surface area is 126 Å². The van der Waals surface area contributed by atoms with Crippen molar-refractivity contribution >= 4 is 12.0 Å². The Morgan fingerprint density at radius 2 is 1.95 bits per heavy atom. The molecule has 21 heavy (non-hydrogen) atoms. The van der Waals surface area contributed by atoms with Crippen molar-refractivity contribution in [1.82, 2.24) is 14.7 Å². The molecule has 2 fully saturated rings. The van der Waals surface area contributed by atoms with Crippen molar-refractivity contribution in [3.63, 3.8) is 0 Å². The average molecular weight is 297 g/mol. The van der Waals surface area contributed by atoms with Crippen LogP contribution in [-0.2, 0) is 4.79 Å². The van der Waals surface area contributed by atoms with E-state index in [0.717, 1.165) is 32.4 Å². The number of hydrogen-bond donors (Lipinski definition) is 1. The number of likely N-dealkylation sites (tertiary alicyclic amines) is 1. The van der Waals surface area contributed by atoms with E-state index in [-0.39, 0.29) is 18.6 Å². The highest BCUT2D eigenvalue weighted by Gasteiger charge is 2.37. The number of fused-ring (bicyclic) bond motifs is 2. The molecule has 0 aromatic rings. The van der Waals surface area contributed by atoms with Crippen LogP contribution in [0.15, 0.2) is 0 Å².